The van der Waals surface area contributed by atoms with Crippen LogP contribution in [0.15, 0.2) is 47.7 Å². The average Bonchev–Trinajstić information content (AvgIpc) is 2.98. The molecule has 23 heavy (non-hydrogen) atoms. The Bertz CT molecular complexity index is 974. The molecule has 0 radical (unpaired) electrons. The molecule has 1 aliphatic heterocycles. The van der Waals surface area contributed by atoms with E-state index in [4.69, 9.17) is 5.73 Å². The molecule has 5 nitrogen and oxygen atoms in total. The first-order chi connectivity index (χ1) is 11.2. The summed E-state index contributed by atoms with van der Waals surface area (Å²) in [6.07, 6.45) is 3.07. The van der Waals surface area contributed by atoms with Crippen LogP contribution >= 0.6 is 0 Å². The summed E-state index contributed by atoms with van der Waals surface area (Å²) in [6, 6.07) is 8.47. The lowest BCUT2D eigenvalue weighted by Gasteiger charge is -2.16. The van der Waals surface area contributed by atoms with Crippen LogP contribution < -0.4 is 5.73 Å². The molecule has 0 aliphatic carbocycles. The Morgan fingerprint density at radius 1 is 1.22 bits per heavy atom. The summed E-state index contributed by atoms with van der Waals surface area (Å²) in [6.45, 7) is 0.408. The summed E-state index contributed by atoms with van der Waals surface area (Å²) in [5, 5.41) is 0. The van der Waals surface area contributed by atoms with E-state index in [0.717, 1.165) is 16.8 Å². The molecule has 1 aliphatic rings. The summed E-state index contributed by atoms with van der Waals surface area (Å²) in [5.41, 5.74) is 10.0. The second-order valence-electron chi connectivity index (χ2n) is 5.37. The Morgan fingerprint density at radius 3 is 2.91 bits per heavy atom. The molecule has 0 atom stereocenters. The van der Waals surface area contributed by atoms with Crippen molar-refractivity contribution in [3.8, 4) is 11.3 Å². The highest BCUT2D eigenvalue weighted by atomic mass is 19.1. The van der Waals surface area contributed by atoms with Gasteiger partial charge in [-0.3, -0.25) is 14.2 Å². The van der Waals surface area contributed by atoms with Crippen LogP contribution in [0.3, 0.4) is 0 Å². The van der Waals surface area contributed by atoms with Crippen LogP contribution in [-0.4, -0.2) is 34.0 Å². The second-order valence-corrected chi connectivity index (χ2v) is 5.37. The van der Waals surface area contributed by atoms with Gasteiger partial charge in [-0.2, -0.15) is 0 Å². The van der Waals surface area contributed by atoms with Crippen molar-refractivity contribution in [2.24, 2.45) is 10.7 Å². The maximum Gasteiger partial charge on any atom is 0.184 e. The van der Waals surface area contributed by atoms with Gasteiger partial charge in [-0.25, -0.2) is 9.37 Å². The van der Waals surface area contributed by atoms with Crippen LogP contribution in [0, 0.1) is 5.82 Å². The number of aliphatic imine (C=N–C) groups is 1. The molecule has 0 fully saturated rings. The van der Waals surface area contributed by atoms with Gasteiger partial charge in [0.2, 0.25) is 0 Å². The van der Waals surface area contributed by atoms with Gasteiger partial charge >= 0.3 is 0 Å². The summed E-state index contributed by atoms with van der Waals surface area (Å²) in [5.74, 6) is -0.359. The number of hydrogen-bond acceptors (Lipinski definition) is 4. The van der Waals surface area contributed by atoms with E-state index in [2.05, 4.69) is 9.98 Å². The van der Waals surface area contributed by atoms with Gasteiger partial charge in [0.15, 0.2) is 5.78 Å². The predicted molar refractivity (Wildman–Crippen MR) is 85.4 cm³/mol. The number of benzene rings is 1. The third kappa shape index (κ3) is 2.15. The van der Waals surface area contributed by atoms with E-state index < -0.39 is 0 Å². The minimum absolute atomic E-state index is 0.0204. The number of rotatable bonds is 2. The summed E-state index contributed by atoms with van der Waals surface area (Å²) >= 11 is 0. The van der Waals surface area contributed by atoms with Crippen LogP contribution in [-0.2, 0) is 0 Å². The normalized spacial score (nSPS) is 14.0. The lowest BCUT2D eigenvalue weighted by atomic mass is 9.94. The first-order valence-corrected chi connectivity index (χ1v) is 7.21. The van der Waals surface area contributed by atoms with E-state index in [1.807, 2.05) is 12.1 Å². The van der Waals surface area contributed by atoms with Crippen molar-refractivity contribution in [1.29, 1.82) is 0 Å². The topological polar surface area (TPSA) is 72.8 Å². The Hall–Kier alpha value is -2.86. The fourth-order valence-electron chi connectivity index (χ4n) is 2.87. The van der Waals surface area contributed by atoms with E-state index in [1.165, 1.54) is 12.3 Å². The van der Waals surface area contributed by atoms with E-state index >= 15 is 0 Å². The molecule has 0 amide bonds. The first-order valence-electron chi connectivity index (χ1n) is 7.21. The number of aromatic nitrogens is 2. The van der Waals surface area contributed by atoms with E-state index in [9.17, 15) is 9.18 Å². The molecule has 0 bridgehead atoms. The van der Waals surface area contributed by atoms with Crippen molar-refractivity contribution in [3.63, 3.8) is 0 Å². The molecule has 114 valence electrons. The van der Waals surface area contributed by atoms with Gasteiger partial charge in [0.05, 0.1) is 17.6 Å². The number of imidazole rings is 1. The van der Waals surface area contributed by atoms with Crippen molar-refractivity contribution in [2.45, 2.75) is 0 Å². The number of halogens is 1. The number of carbonyl (C=O) groups is 1. The number of nitrogens with two attached hydrogens (primary N) is 1. The molecule has 2 N–H and O–H groups in total. The first kappa shape index (κ1) is 13.8. The third-order valence-corrected chi connectivity index (χ3v) is 4.00. The largest absolute Gasteiger partial charge is 0.325 e. The lowest BCUT2D eigenvalue weighted by Crippen LogP contribution is -2.25. The quantitative estimate of drug-likeness (QED) is 0.788. The van der Waals surface area contributed by atoms with Crippen LogP contribution in [0.1, 0.15) is 15.9 Å². The highest BCUT2D eigenvalue weighted by Gasteiger charge is 2.20. The summed E-state index contributed by atoms with van der Waals surface area (Å²) in [4.78, 5) is 20.5. The predicted octanol–water partition coefficient (Wildman–Crippen LogP) is 2.08. The number of fused-ring (bicyclic) bond motifs is 2. The number of hydrogen-bond donors (Lipinski definition) is 1. The molecule has 2 aromatic heterocycles. The fourth-order valence-corrected chi connectivity index (χ4v) is 2.87. The van der Waals surface area contributed by atoms with Gasteiger partial charge in [0.25, 0.3) is 0 Å². The smallest absolute Gasteiger partial charge is 0.184 e. The fraction of sp³-hybridized carbons (Fsp3) is 0.118. The molecule has 1 aromatic carbocycles. The third-order valence-electron chi connectivity index (χ3n) is 4.00. The number of carbonyl (C=O) groups excluding carboxylic acids is 1. The van der Waals surface area contributed by atoms with Gasteiger partial charge in [-0.15, -0.1) is 0 Å². The van der Waals surface area contributed by atoms with Crippen LogP contribution in [0.4, 0.5) is 4.39 Å². The summed E-state index contributed by atoms with van der Waals surface area (Å²) in [7, 11) is 0. The lowest BCUT2D eigenvalue weighted by molar-refractivity contribution is 0.1000. The highest BCUT2D eigenvalue weighted by molar-refractivity contribution is 6.16. The standard InChI is InChI=1S/C17H13FN4O/c18-11-2-4-17-21-7-15(22(17)9-11)10-1-3-12-13(5-10)14(6-19)20-8-16(12)23/h1-5,7,9H,6,8,19H2. The maximum absolute atomic E-state index is 13.5. The van der Waals surface area contributed by atoms with Crippen LogP contribution in [0.5, 0.6) is 0 Å². The molecule has 0 spiro atoms. The molecule has 6 heteroatoms. The average molecular weight is 308 g/mol. The Kier molecular flexibility index (Phi) is 3.06. The number of ketones is 1. The zero-order valence-electron chi connectivity index (χ0n) is 12.2. The molecular formula is C17H13FN4O. The van der Waals surface area contributed by atoms with Gasteiger partial charge in [0, 0.05) is 29.4 Å². The Labute approximate surface area is 131 Å². The van der Waals surface area contributed by atoms with Crippen molar-refractivity contribution >= 4 is 17.1 Å². The minimum Gasteiger partial charge on any atom is -0.325 e. The van der Waals surface area contributed by atoms with Crippen LogP contribution in [0.2, 0.25) is 0 Å². The van der Waals surface area contributed by atoms with Crippen molar-refractivity contribution in [3.05, 3.63) is 59.7 Å². The molecular weight excluding hydrogens is 295 g/mol. The Morgan fingerprint density at radius 2 is 2.09 bits per heavy atom. The summed E-state index contributed by atoms with van der Waals surface area (Å²) < 4.78 is 15.2. The van der Waals surface area contributed by atoms with Gasteiger partial charge in [-0.05, 0) is 24.3 Å². The monoisotopic (exact) mass is 308 g/mol. The second kappa shape index (κ2) is 5.10. The van der Waals surface area contributed by atoms with Gasteiger partial charge in [-0.1, -0.05) is 6.07 Å². The minimum atomic E-state index is -0.339. The molecule has 3 aromatic rings. The van der Waals surface area contributed by atoms with Crippen molar-refractivity contribution in [2.75, 3.05) is 13.1 Å². The zero-order valence-corrected chi connectivity index (χ0v) is 12.2. The van der Waals surface area contributed by atoms with E-state index in [0.29, 0.717) is 16.9 Å². The number of nitrogens with zero attached hydrogens (tertiary/aromatic N) is 3. The maximum atomic E-state index is 13.5. The zero-order chi connectivity index (χ0) is 16.0. The SMILES string of the molecule is NCC1=NCC(=O)c2ccc(-c3cnc4ccc(F)cn34)cc21. The van der Waals surface area contributed by atoms with E-state index in [1.54, 1.807) is 22.7 Å². The highest BCUT2D eigenvalue weighted by Crippen LogP contribution is 2.26. The number of Topliss-reactive ketones (excluding diaryl/α,β-unsaturated/α-hetero) is 1. The molecule has 0 unspecified atom stereocenters. The van der Waals surface area contributed by atoms with Gasteiger partial charge < -0.3 is 5.73 Å². The van der Waals surface area contributed by atoms with Crippen molar-refractivity contribution in [1.82, 2.24) is 9.38 Å². The molecule has 0 saturated carbocycles. The molecule has 4 rings (SSSR count). The Balaban J connectivity index is 1.92. The van der Waals surface area contributed by atoms with Crippen LogP contribution in [0.25, 0.3) is 16.9 Å². The number of pyridine rings is 1. The molecule has 3 heterocycles. The van der Waals surface area contributed by atoms with E-state index in [-0.39, 0.29) is 24.7 Å². The molecule has 0 saturated heterocycles. The van der Waals surface area contributed by atoms with Crippen molar-refractivity contribution < 1.29 is 9.18 Å². The van der Waals surface area contributed by atoms with Gasteiger partial charge in [0.1, 0.15) is 18.0 Å².